The Hall–Kier alpha value is -1.76. The Labute approximate surface area is 176 Å². The fourth-order valence-electron chi connectivity index (χ4n) is 2.90. The van der Waals surface area contributed by atoms with Crippen molar-refractivity contribution in [3.05, 3.63) is 64.1 Å². The third-order valence-electron chi connectivity index (χ3n) is 4.29. The molecule has 2 aromatic rings. The zero-order valence-corrected chi connectivity index (χ0v) is 18.2. The van der Waals surface area contributed by atoms with Crippen molar-refractivity contribution in [2.24, 2.45) is 0 Å². The largest absolute Gasteiger partial charge is 0.349 e. The number of sulfonamides is 1. The van der Waals surface area contributed by atoms with Crippen LogP contribution < -0.4 is 9.62 Å². The summed E-state index contributed by atoms with van der Waals surface area (Å²) < 4.78 is 25.6. The highest BCUT2D eigenvalue weighted by Gasteiger charge is 2.21. The number of rotatable bonds is 9. The zero-order valence-electron chi connectivity index (χ0n) is 15.9. The van der Waals surface area contributed by atoms with E-state index in [1.165, 1.54) is 10.4 Å². The lowest BCUT2D eigenvalue weighted by Gasteiger charge is -2.24. The van der Waals surface area contributed by atoms with E-state index in [-0.39, 0.29) is 29.9 Å². The SMILES string of the molecule is CC[C@@H](NC(=O)CCCN(c1cc(Cl)ccc1Cl)S(C)(=O)=O)c1ccccc1. The van der Waals surface area contributed by atoms with E-state index in [1.807, 2.05) is 37.3 Å². The summed E-state index contributed by atoms with van der Waals surface area (Å²) in [6.07, 6.45) is 2.43. The van der Waals surface area contributed by atoms with Gasteiger partial charge in [0.15, 0.2) is 0 Å². The van der Waals surface area contributed by atoms with E-state index in [4.69, 9.17) is 23.2 Å². The smallest absolute Gasteiger partial charge is 0.232 e. The van der Waals surface area contributed by atoms with Crippen molar-refractivity contribution in [1.29, 1.82) is 0 Å². The number of amides is 1. The third-order valence-corrected chi connectivity index (χ3v) is 6.02. The van der Waals surface area contributed by atoms with Crippen molar-refractivity contribution < 1.29 is 13.2 Å². The summed E-state index contributed by atoms with van der Waals surface area (Å²) in [6, 6.07) is 14.3. The maximum absolute atomic E-state index is 12.3. The monoisotopic (exact) mass is 442 g/mol. The standard InChI is InChI=1S/C20H24Cl2N2O3S/c1-3-18(15-8-5-4-6-9-15)23-20(25)10-7-13-24(28(2,26)27)19-14-16(21)11-12-17(19)22/h4-6,8-9,11-12,14,18H,3,7,10,13H2,1-2H3,(H,23,25)/t18-/m1/s1. The van der Waals surface area contributed by atoms with Crippen LogP contribution in [0.1, 0.15) is 37.8 Å². The van der Waals surface area contributed by atoms with Gasteiger partial charge in [-0.05, 0) is 36.6 Å². The Bertz CT molecular complexity index is 905. The van der Waals surface area contributed by atoms with Crippen LogP contribution in [0.4, 0.5) is 5.69 Å². The summed E-state index contributed by atoms with van der Waals surface area (Å²) in [7, 11) is -3.57. The number of hydrogen-bond acceptors (Lipinski definition) is 3. The molecule has 0 spiro atoms. The second-order valence-electron chi connectivity index (χ2n) is 6.47. The average Bonchev–Trinajstić information content (AvgIpc) is 2.65. The number of carbonyl (C=O) groups excluding carboxylic acids is 1. The molecule has 1 amide bonds. The predicted molar refractivity (Wildman–Crippen MR) is 116 cm³/mol. The maximum Gasteiger partial charge on any atom is 0.232 e. The molecule has 0 radical (unpaired) electrons. The Morgan fingerprint density at radius 2 is 1.82 bits per heavy atom. The summed E-state index contributed by atoms with van der Waals surface area (Å²) in [6.45, 7) is 2.14. The minimum Gasteiger partial charge on any atom is -0.349 e. The Morgan fingerprint density at radius 1 is 1.14 bits per heavy atom. The molecule has 0 aliphatic rings. The number of nitrogens with one attached hydrogen (secondary N) is 1. The Kier molecular flexibility index (Phi) is 8.16. The minimum absolute atomic E-state index is 0.0675. The molecule has 28 heavy (non-hydrogen) atoms. The van der Waals surface area contributed by atoms with Gasteiger partial charge in [0.1, 0.15) is 0 Å². The number of benzene rings is 2. The second-order valence-corrected chi connectivity index (χ2v) is 9.22. The molecular formula is C20H24Cl2N2O3S. The topological polar surface area (TPSA) is 66.5 Å². The van der Waals surface area contributed by atoms with Crippen LogP contribution in [0.5, 0.6) is 0 Å². The molecule has 0 aromatic heterocycles. The van der Waals surface area contributed by atoms with E-state index in [9.17, 15) is 13.2 Å². The van der Waals surface area contributed by atoms with Gasteiger partial charge in [-0.2, -0.15) is 0 Å². The lowest BCUT2D eigenvalue weighted by Crippen LogP contribution is -2.33. The van der Waals surface area contributed by atoms with Crippen LogP contribution in [0.2, 0.25) is 10.0 Å². The molecule has 1 atom stereocenters. The fourth-order valence-corrected chi connectivity index (χ4v) is 4.30. The van der Waals surface area contributed by atoms with Crippen LogP contribution in [0.25, 0.3) is 0 Å². The molecule has 0 saturated carbocycles. The molecule has 152 valence electrons. The van der Waals surface area contributed by atoms with Gasteiger partial charge in [0.05, 0.1) is 23.0 Å². The summed E-state index contributed by atoms with van der Waals surface area (Å²) in [5.74, 6) is -0.124. The molecule has 2 aromatic carbocycles. The highest BCUT2D eigenvalue weighted by molar-refractivity contribution is 7.92. The molecule has 0 heterocycles. The predicted octanol–water partition coefficient (Wildman–Crippen LogP) is 4.81. The van der Waals surface area contributed by atoms with Crippen LogP contribution >= 0.6 is 23.2 Å². The van der Waals surface area contributed by atoms with Crippen molar-refractivity contribution in [2.75, 3.05) is 17.1 Å². The van der Waals surface area contributed by atoms with Gasteiger partial charge in [-0.1, -0.05) is 60.5 Å². The van der Waals surface area contributed by atoms with Crippen LogP contribution in [0.3, 0.4) is 0 Å². The molecular weight excluding hydrogens is 419 g/mol. The lowest BCUT2D eigenvalue weighted by atomic mass is 10.0. The summed E-state index contributed by atoms with van der Waals surface area (Å²) in [5, 5.41) is 3.68. The summed E-state index contributed by atoms with van der Waals surface area (Å²) >= 11 is 12.1. The first-order valence-corrected chi connectivity index (χ1v) is 11.6. The van der Waals surface area contributed by atoms with Gasteiger partial charge in [-0.25, -0.2) is 8.42 Å². The highest BCUT2D eigenvalue weighted by atomic mass is 35.5. The van der Waals surface area contributed by atoms with Crippen LogP contribution in [0.15, 0.2) is 48.5 Å². The van der Waals surface area contributed by atoms with E-state index in [2.05, 4.69) is 5.32 Å². The van der Waals surface area contributed by atoms with E-state index < -0.39 is 10.0 Å². The molecule has 0 saturated heterocycles. The first-order valence-electron chi connectivity index (χ1n) is 8.99. The molecule has 0 bridgehead atoms. The Balaban J connectivity index is 2.00. The minimum atomic E-state index is -3.57. The normalized spacial score (nSPS) is 12.4. The van der Waals surface area contributed by atoms with Gasteiger partial charge in [-0.3, -0.25) is 9.10 Å². The number of halogens is 2. The molecule has 0 unspecified atom stereocenters. The van der Waals surface area contributed by atoms with Gasteiger partial charge >= 0.3 is 0 Å². The molecule has 8 heteroatoms. The lowest BCUT2D eigenvalue weighted by molar-refractivity contribution is -0.121. The zero-order chi connectivity index (χ0) is 20.7. The van der Waals surface area contributed by atoms with Crippen molar-refractivity contribution in [3.8, 4) is 0 Å². The molecule has 5 nitrogen and oxygen atoms in total. The highest BCUT2D eigenvalue weighted by Crippen LogP contribution is 2.30. The van der Waals surface area contributed by atoms with Crippen LogP contribution in [-0.4, -0.2) is 27.1 Å². The average molecular weight is 443 g/mol. The van der Waals surface area contributed by atoms with Gasteiger partial charge in [-0.15, -0.1) is 0 Å². The van der Waals surface area contributed by atoms with Gasteiger partial charge in [0.25, 0.3) is 0 Å². The van der Waals surface area contributed by atoms with E-state index >= 15 is 0 Å². The molecule has 2 rings (SSSR count). The van der Waals surface area contributed by atoms with Crippen molar-refractivity contribution in [2.45, 2.75) is 32.2 Å². The second kappa shape index (κ2) is 10.1. The summed E-state index contributed by atoms with van der Waals surface area (Å²) in [5.41, 5.74) is 1.36. The Morgan fingerprint density at radius 3 is 2.43 bits per heavy atom. The first kappa shape index (κ1) is 22.5. The van der Waals surface area contributed by atoms with E-state index in [1.54, 1.807) is 12.1 Å². The molecule has 0 aliphatic carbocycles. The van der Waals surface area contributed by atoms with E-state index in [0.717, 1.165) is 18.2 Å². The molecule has 0 aliphatic heterocycles. The third kappa shape index (κ3) is 6.40. The van der Waals surface area contributed by atoms with Gasteiger partial charge in [0, 0.05) is 18.0 Å². The fraction of sp³-hybridized carbons (Fsp3) is 0.350. The van der Waals surface area contributed by atoms with Crippen LogP contribution in [0, 0.1) is 0 Å². The number of hydrogen-bond donors (Lipinski definition) is 1. The first-order chi connectivity index (χ1) is 13.2. The van der Waals surface area contributed by atoms with Gasteiger partial charge < -0.3 is 5.32 Å². The summed E-state index contributed by atoms with van der Waals surface area (Å²) in [4.78, 5) is 12.3. The van der Waals surface area contributed by atoms with Gasteiger partial charge in [0.2, 0.25) is 15.9 Å². The van der Waals surface area contributed by atoms with Crippen molar-refractivity contribution in [1.82, 2.24) is 5.32 Å². The van der Waals surface area contributed by atoms with E-state index in [0.29, 0.717) is 17.1 Å². The maximum atomic E-state index is 12.3. The molecule has 1 N–H and O–H groups in total. The quantitative estimate of drug-likeness (QED) is 0.605. The van der Waals surface area contributed by atoms with Crippen molar-refractivity contribution >= 4 is 44.8 Å². The number of anilines is 1. The molecule has 0 fully saturated rings. The number of nitrogens with zero attached hydrogens (tertiary/aromatic N) is 1. The number of carbonyl (C=O) groups is 1. The van der Waals surface area contributed by atoms with Crippen molar-refractivity contribution in [3.63, 3.8) is 0 Å². The van der Waals surface area contributed by atoms with Crippen LogP contribution in [-0.2, 0) is 14.8 Å².